The van der Waals surface area contributed by atoms with Crippen molar-refractivity contribution in [3.8, 4) is 0 Å². The predicted octanol–water partition coefficient (Wildman–Crippen LogP) is 3.44. The number of unbranched alkanes of at least 4 members (excludes halogenated alkanes) is 1. The van der Waals surface area contributed by atoms with Crippen molar-refractivity contribution in [1.82, 2.24) is 10.2 Å². The van der Waals surface area contributed by atoms with Gasteiger partial charge < -0.3 is 4.90 Å². The van der Waals surface area contributed by atoms with Crippen molar-refractivity contribution in [2.24, 2.45) is 0 Å². The first-order valence-corrected chi connectivity index (χ1v) is 9.88. The molecule has 0 atom stereocenters. The van der Waals surface area contributed by atoms with Gasteiger partial charge in [-0.15, -0.1) is 10.2 Å². The maximum atomic E-state index is 12.7. The summed E-state index contributed by atoms with van der Waals surface area (Å²) in [5.74, 6) is 0.936. The minimum absolute atomic E-state index is 0.215. The van der Waals surface area contributed by atoms with Gasteiger partial charge in [-0.2, -0.15) is 0 Å². The van der Waals surface area contributed by atoms with Crippen LogP contribution in [0.15, 0.2) is 29.2 Å². The highest BCUT2D eigenvalue weighted by atomic mass is 32.2. The molecule has 1 heterocycles. The molecule has 0 aliphatic heterocycles. The molecule has 0 aliphatic carbocycles. The van der Waals surface area contributed by atoms with Crippen molar-refractivity contribution in [2.45, 2.75) is 45.4 Å². The normalized spacial score (nSPS) is 11.4. The van der Waals surface area contributed by atoms with Crippen LogP contribution >= 0.6 is 0 Å². The molecule has 6 nitrogen and oxygen atoms in total. The molecule has 0 saturated heterocycles. The summed E-state index contributed by atoms with van der Waals surface area (Å²) in [5, 5.41) is 8.13. The van der Waals surface area contributed by atoms with Gasteiger partial charge in [0.1, 0.15) is 0 Å². The van der Waals surface area contributed by atoms with Crippen molar-refractivity contribution in [1.29, 1.82) is 0 Å². The SMILES string of the molecule is CCCCN(C)c1ccc(NS(=O)(=O)c2c(C)cc(C)cc2C)nn1. The van der Waals surface area contributed by atoms with Gasteiger partial charge >= 0.3 is 0 Å². The molecule has 7 heteroatoms. The van der Waals surface area contributed by atoms with Crippen molar-refractivity contribution >= 4 is 21.7 Å². The van der Waals surface area contributed by atoms with E-state index in [0.29, 0.717) is 16.0 Å². The Labute approximate surface area is 150 Å². The molecule has 0 spiro atoms. The fourth-order valence-corrected chi connectivity index (χ4v) is 4.32. The number of nitrogens with zero attached hydrogens (tertiary/aromatic N) is 3. The number of benzene rings is 1. The first-order chi connectivity index (χ1) is 11.7. The summed E-state index contributed by atoms with van der Waals surface area (Å²) in [6, 6.07) is 7.13. The van der Waals surface area contributed by atoms with Gasteiger partial charge in [-0.05, 0) is 50.5 Å². The highest BCUT2D eigenvalue weighted by Crippen LogP contribution is 2.24. The second-order valence-corrected chi connectivity index (χ2v) is 8.00. The second kappa shape index (κ2) is 7.82. The van der Waals surface area contributed by atoms with Crippen LogP contribution in [0.4, 0.5) is 11.6 Å². The van der Waals surface area contributed by atoms with Crippen LogP contribution in [0.3, 0.4) is 0 Å². The Morgan fingerprint density at radius 2 is 1.72 bits per heavy atom. The Balaban J connectivity index is 2.21. The van der Waals surface area contributed by atoms with Crippen LogP contribution in [0.25, 0.3) is 0 Å². The number of aromatic nitrogens is 2. The number of rotatable bonds is 7. The van der Waals surface area contributed by atoms with E-state index in [4.69, 9.17) is 0 Å². The minimum Gasteiger partial charge on any atom is -0.358 e. The predicted molar refractivity (Wildman–Crippen MR) is 102 cm³/mol. The Bertz CT molecular complexity index is 810. The molecule has 0 aliphatic rings. The highest BCUT2D eigenvalue weighted by Gasteiger charge is 2.20. The summed E-state index contributed by atoms with van der Waals surface area (Å²) in [5.41, 5.74) is 2.47. The minimum atomic E-state index is -3.70. The van der Waals surface area contributed by atoms with Gasteiger partial charge in [-0.3, -0.25) is 4.72 Å². The van der Waals surface area contributed by atoms with Crippen LogP contribution in [-0.4, -0.2) is 32.2 Å². The van der Waals surface area contributed by atoms with Gasteiger partial charge in [0.15, 0.2) is 11.6 Å². The van der Waals surface area contributed by atoms with E-state index in [-0.39, 0.29) is 5.82 Å². The first-order valence-electron chi connectivity index (χ1n) is 8.40. The Hall–Kier alpha value is -2.15. The van der Waals surface area contributed by atoms with Crippen molar-refractivity contribution in [2.75, 3.05) is 23.2 Å². The van der Waals surface area contributed by atoms with Crippen molar-refractivity contribution in [3.63, 3.8) is 0 Å². The molecule has 0 radical (unpaired) electrons. The number of hydrogen-bond donors (Lipinski definition) is 1. The van der Waals surface area contributed by atoms with Crippen molar-refractivity contribution in [3.05, 3.63) is 41.0 Å². The van der Waals surface area contributed by atoms with Gasteiger partial charge in [-0.25, -0.2) is 8.42 Å². The highest BCUT2D eigenvalue weighted by molar-refractivity contribution is 7.92. The molecule has 2 rings (SSSR count). The molecule has 25 heavy (non-hydrogen) atoms. The smallest absolute Gasteiger partial charge is 0.263 e. The van der Waals surface area contributed by atoms with E-state index in [1.807, 2.05) is 31.0 Å². The average Bonchev–Trinajstić information content (AvgIpc) is 2.51. The first kappa shape index (κ1) is 19.2. The zero-order valence-corrected chi connectivity index (χ0v) is 16.3. The molecule has 0 fully saturated rings. The number of aryl methyl sites for hydroxylation is 3. The molecular formula is C18H26N4O2S. The molecule has 1 N–H and O–H groups in total. The van der Waals surface area contributed by atoms with Crippen molar-refractivity contribution < 1.29 is 8.42 Å². The third-order valence-electron chi connectivity index (χ3n) is 4.00. The molecule has 2 aromatic rings. The maximum absolute atomic E-state index is 12.7. The van der Waals surface area contributed by atoms with Crippen LogP contribution in [0.5, 0.6) is 0 Å². The lowest BCUT2D eigenvalue weighted by Crippen LogP contribution is -2.21. The molecule has 0 bridgehead atoms. The third-order valence-corrected chi connectivity index (χ3v) is 5.66. The zero-order valence-electron chi connectivity index (χ0n) is 15.5. The van der Waals surface area contributed by atoms with E-state index in [9.17, 15) is 8.42 Å². The lowest BCUT2D eigenvalue weighted by atomic mass is 10.1. The van der Waals surface area contributed by atoms with E-state index >= 15 is 0 Å². The van der Waals surface area contributed by atoms with Crippen LogP contribution in [0.2, 0.25) is 0 Å². The zero-order chi connectivity index (χ0) is 18.6. The molecule has 0 unspecified atom stereocenters. The third kappa shape index (κ3) is 4.69. The summed E-state index contributed by atoms with van der Waals surface area (Å²) in [6.45, 7) is 8.56. The van der Waals surface area contributed by atoms with E-state index in [1.165, 1.54) is 0 Å². The Morgan fingerprint density at radius 1 is 1.08 bits per heavy atom. The molecular weight excluding hydrogens is 336 g/mol. The molecule has 0 amide bonds. The quantitative estimate of drug-likeness (QED) is 0.816. The number of anilines is 2. The van der Waals surface area contributed by atoms with Crippen LogP contribution in [0, 0.1) is 20.8 Å². The summed E-state index contributed by atoms with van der Waals surface area (Å²) < 4.78 is 28.0. The fourth-order valence-electron chi connectivity index (χ4n) is 2.87. The molecule has 136 valence electrons. The summed E-state index contributed by atoms with van der Waals surface area (Å²) in [4.78, 5) is 2.30. The van der Waals surface area contributed by atoms with E-state index in [1.54, 1.807) is 26.0 Å². The Morgan fingerprint density at radius 3 is 2.24 bits per heavy atom. The van der Waals surface area contributed by atoms with Gasteiger partial charge in [-0.1, -0.05) is 31.0 Å². The molecule has 1 aromatic heterocycles. The Kier molecular flexibility index (Phi) is 6.00. The van der Waals surface area contributed by atoms with Crippen LogP contribution in [-0.2, 0) is 10.0 Å². The summed E-state index contributed by atoms with van der Waals surface area (Å²) >= 11 is 0. The number of hydrogen-bond acceptors (Lipinski definition) is 5. The average molecular weight is 362 g/mol. The standard InChI is InChI=1S/C18H26N4O2S/c1-6-7-10-22(5)17-9-8-16(19-20-17)21-25(23,24)18-14(3)11-13(2)12-15(18)4/h8-9,11-12H,6-7,10H2,1-5H3,(H,19,21). The number of sulfonamides is 1. The largest absolute Gasteiger partial charge is 0.358 e. The molecule has 0 saturated carbocycles. The second-order valence-electron chi connectivity index (χ2n) is 6.39. The van der Waals surface area contributed by atoms with E-state index < -0.39 is 10.0 Å². The van der Waals surface area contributed by atoms with E-state index in [0.717, 1.165) is 30.8 Å². The number of nitrogens with one attached hydrogen (secondary N) is 1. The fraction of sp³-hybridized carbons (Fsp3) is 0.444. The lowest BCUT2D eigenvalue weighted by molar-refractivity contribution is 0.599. The summed E-state index contributed by atoms with van der Waals surface area (Å²) in [7, 11) is -1.76. The monoisotopic (exact) mass is 362 g/mol. The maximum Gasteiger partial charge on any atom is 0.263 e. The van der Waals surface area contributed by atoms with Gasteiger partial charge in [0, 0.05) is 13.6 Å². The van der Waals surface area contributed by atoms with Gasteiger partial charge in [0.25, 0.3) is 10.0 Å². The van der Waals surface area contributed by atoms with E-state index in [2.05, 4.69) is 21.8 Å². The van der Waals surface area contributed by atoms with Gasteiger partial charge in [0.2, 0.25) is 0 Å². The molecule has 1 aromatic carbocycles. The lowest BCUT2D eigenvalue weighted by Gasteiger charge is -2.17. The topological polar surface area (TPSA) is 75.2 Å². The van der Waals surface area contributed by atoms with Crippen LogP contribution < -0.4 is 9.62 Å². The van der Waals surface area contributed by atoms with Gasteiger partial charge in [0.05, 0.1) is 4.90 Å². The van der Waals surface area contributed by atoms with Crippen LogP contribution in [0.1, 0.15) is 36.5 Å². The summed E-state index contributed by atoms with van der Waals surface area (Å²) in [6.07, 6.45) is 2.17.